The summed E-state index contributed by atoms with van der Waals surface area (Å²) >= 11 is 5.32. The number of H-pyrrole nitrogens is 1. The molecule has 25 heteroatoms. The normalized spacial score (nSPS) is 12.0. The van der Waals surface area contributed by atoms with Gasteiger partial charge in [0.25, 0.3) is 11.1 Å². The number of aromatic nitrogens is 6. The number of nitrogens with zero attached hydrogens (tertiary/aromatic N) is 5. The summed E-state index contributed by atoms with van der Waals surface area (Å²) in [6.07, 6.45) is -1.94. The lowest BCUT2D eigenvalue weighted by atomic mass is 10.1. The van der Waals surface area contributed by atoms with E-state index in [2.05, 4.69) is 20.9 Å². The third kappa shape index (κ3) is 14.4. The van der Waals surface area contributed by atoms with Gasteiger partial charge in [-0.05, 0) is 158 Å². The number of aryl methyl sites for hydroxylation is 2. The van der Waals surface area contributed by atoms with E-state index in [4.69, 9.17) is 18.9 Å². The maximum absolute atomic E-state index is 14.9. The lowest BCUT2D eigenvalue weighted by Crippen LogP contribution is -2.43. The zero-order valence-electron chi connectivity index (χ0n) is 51.0. The van der Waals surface area contributed by atoms with Crippen LogP contribution in [0.1, 0.15) is 126 Å². The molecule has 4 aromatic carbocycles. The number of ether oxygens (including phenoxy) is 4. The fourth-order valence-electron chi connectivity index (χ4n) is 9.29. The average Bonchev–Trinajstić information content (AvgIpc) is 1.63. The minimum absolute atomic E-state index is 0.0263. The maximum atomic E-state index is 14.9. The van der Waals surface area contributed by atoms with Gasteiger partial charge in [-0.1, -0.05) is 39.2 Å². The molecule has 0 amide bonds. The van der Waals surface area contributed by atoms with E-state index in [0.29, 0.717) is 27.3 Å². The van der Waals surface area contributed by atoms with Crippen molar-refractivity contribution in [3.8, 4) is 11.4 Å². The van der Waals surface area contributed by atoms with Crippen LogP contribution >= 0.6 is 38.6 Å². The van der Waals surface area contributed by atoms with Crippen molar-refractivity contribution in [3.05, 3.63) is 193 Å². The molecule has 0 aliphatic heterocycles. The first kappa shape index (κ1) is 66.3. The zero-order chi connectivity index (χ0) is 65.7. The van der Waals surface area contributed by atoms with Crippen molar-refractivity contribution in [2.75, 3.05) is 0 Å². The highest BCUT2D eigenvalue weighted by molar-refractivity contribution is 9.08. The lowest BCUT2D eigenvalue weighted by Gasteiger charge is -2.22. The summed E-state index contributed by atoms with van der Waals surface area (Å²) in [7, 11) is 0. The van der Waals surface area contributed by atoms with Crippen molar-refractivity contribution in [2.45, 2.75) is 131 Å². The molecule has 6 heterocycles. The van der Waals surface area contributed by atoms with E-state index in [1.165, 1.54) is 32.7 Å². The zero-order valence-corrected chi connectivity index (χ0v) is 54.2. The predicted molar refractivity (Wildman–Crippen MR) is 338 cm³/mol. The number of hydrogen-bond donors (Lipinski definition) is 1. The summed E-state index contributed by atoms with van der Waals surface area (Å²) in [6, 6.07) is 16.8. The highest BCUT2D eigenvalue weighted by atomic mass is 79.9. The Kier molecular flexibility index (Phi) is 18.7. The van der Waals surface area contributed by atoms with Gasteiger partial charge >= 0.3 is 35.5 Å². The van der Waals surface area contributed by atoms with E-state index in [0.717, 1.165) is 71.1 Å². The molecule has 18 nitrogen and oxygen atoms in total. The monoisotopic (exact) mass is 1330 g/mol. The summed E-state index contributed by atoms with van der Waals surface area (Å²) in [4.78, 5) is 112. The van der Waals surface area contributed by atoms with Crippen LogP contribution < -0.4 is 22.5 Å². The second-order valence-electron chi connectivity index (χ2n) is 24.6. The fourth-order valence-corrected chi connectivity index (χ4v) is 11.3. The molecule has 6 aromatic heterocycles. The number of hydrogen-bond acceptors (Lipinski definition) is 14. The van der Waals surface area contributed by atoms with E-state index >= 15 is 0 Å². The molecule has 0 bridgehead atoms. The SMILES string of the molecule is Cc1ccc2[nH]c(C(=O)OC(C)(C)C)c(-n3c(=O)c4cscc4n(C(=O)OC(C)(C)C)c3=O)c2c1.Cc1ccc2c(c1)c(-n1c(=O)c3cscc3n(C(=O)OC(C)(C)C)c1=O)c(C(=O)OC(C)(C)C)n2Cc1cc(F)ccc1F.Fc1ccc(F)c(CBr)c1. The average molecular weight is 1330 g/mol. The molecule has 1 N–H and O–H groups in total. The second-order valence-corrected chi connectivity index (χ2v) is 26.7. The molecule has 10 aromatic rings. The molecular weight excluding hydrogens is 1260 g/mol. The van der Waals surface area contributed by atoms with Crippen molar-refractivity contribution in [1.29, 1.82) is 0 Å². The molecule has 0 saturated heterocycles. The standard InChI is InChI=1S/C32H31F2N3O6S.C25H27N3O6S.C7H5BrF2/c1-17-8-11-23-20(12-17)25(26(28(39)42-31(2,3)4)35(23)14-18-13-19(33)9-10-22(18)34)37-27(38)21-15-44-16-24(21)36(29(37)40)30(41)43-32(5,6)7;1-13-8-9-16-14(10-13)19(18(26-16)21(30)33-24(2,3)4)28-20(29)15-11-35-12-17(15)27(22(28)31)23(32)34-25(5,6)7;8-4-5-3-6(9)1-2-7(5)10/h8-13,15-16H,14H2,1-7H3;8-12,26H,1-7H3;1-3H,4H2. The van der Waals surface area contributed by atoms with Crippen molar-refractivity contribution in [1.82, 2.24) is 27.8 Å². The van der Waals surface area contributed by atoms with Crippen LogP contribution in [0.3, 0.4) is 0 Å². The van der Waals surface area contributed by atoms with E-state index < -0.39 is 86.5 Å². The fraction of sp³-hybridized carbons (Fsp3) is 0.312. The molecule has 0 aliphatic rings. The molecule has 0 spiro atoms. The van der Waals surface area contributed by atoms with Crippen LogP contribution in [0.2, 0.25) is 0 Å². The van der Waals surface area contributed by atoms with Crippen LogP contribution in [0.4, 0.5) is 27.2 Å². The number of rotatable bonds is 7. The minimum Gasteiger partial charge on any atom is -0.455 e. The van der Waals surface area contributed by atoms with E-state index in [1.54, 1.807) is 131 Å². The molecule has 0 unspecified atom stereocenters. The Bertz CT molecular complexity index is 4730. The maximum Gasteiger partial charge on any atom is 0.423 e. The van der Waals surface area contributed by atoms with Crippen LogP contribution in [0.5, 0.6) is 0 Å². The summed E-state index contributed by atoms with van der Waals surface area (Å²) < 4.78 is 80.9. The molecule has 10 rings (SSSR count). The van der Waals surface area contributed by atoms with Gasteiger partial charge in [-0.25, -0.2) is 55.5 Å². The predicted octanol–water partition coefficient (Wildman–Crippen LogP) is 14.1. The first-order valence-corrected chi connectivity index (χ1v) is 30.5. The number of carbonyl (C=O) groups is 4. The Labute approximate surface area is 522 Å². The molecule has 0 saturated carbocycles. The highest BCUT2D eigenvalue weighted by Crippen LogP contribution is 2.34. The third-order valence-electron chi connectivity index (χ3n) is 12.8. The van der Waals surface area contributed by atoms with Crippen LogP contribution in [0.15, 0.2) is 113 Å². The number of thiophene rings is 2. The molecule has 468 valence electrons. The smallest absolute Gasteiger partial charge is 0.423 e. The number of aromatic amines is 1. The lowest BCUT2D eigenvalue weighted by molar-refractivity contribution is 0.00485. The number of alkyl halides is 1. The Morgan fingerprint density at radius 3 is 1.42 bits per heavy atom. The first-order chi connectivity index (χ1) is 41.4. The second kappa shape index (κ2) is 25.1. The van der Waals surface area contributed by atoms with Crippen LogP contribution in [0.25, 0.3) is 55.0 Å². The van der Waals surface area contributed by atoms with Gasteiger partial charge in [0, 0.05) is 54.3 Å². The highest BCUT2D eigenvalue weighted by Gasteiger charge is 2.35. The number of nitrogens with one attached hydrogen (secondary N) is 1. The Morgan fingerprint density at radius 2 is 0.944 bits per heavy atom. The largest absolute Gasteiger partial charge is 0.455 e. The quantitative estimate of drug-likeness (QED) is 0.0683. The van der Waals surface area contributed by atoms with Crippen molar-refractivity contribution in [3.63, 3.8) is 0 Å². The summed E-state index contributed by atoms with van der Waals surface area (Å²) in [5.74, 6) is -3.84. The van der Waals surface area contributed by atoms with Crippen LogP contribution in [-0.2, 0) is 30.8 Å². The van der Waals surface area contributed by atoms with Gasteiger partial charge in [0.2, 0.25) is 0 Å². The summed E-state index contributed by atoms with van der Waals surface area (Å²) in [6.45, 7) is 23.3. The van der Waals surface area contributed by atoms with Crippen molar-refractivity contribution >= 4 is 106 Å². The minimum atomic E-state index is -1.07. The van der Waals surface area contributed by atoms with E-state index in [9.17, 15) is 55.9 Å². The Balaban J connectivity index is 0.000000202. The van der Waals surface area contributed by atoms with E-state index in [-0.39, 0.29) is 67.9 Å². The molecule has 89 heavy (non-hydrogen) atoms. The van der Waals surface area contributed by atoms with Crippen molar-refractivity contribution in [2.24, 2.45) is 0 Å². The topological polar surface area (TPSA) is 214 Å². The molecular formula is C64H63BrF4N6O12S2. The summed E-state index contributed by atoms with van der Waals surface area (Å²) in [5.41, 5.74) is -4.65. The molecule has 0 fully saturated rings. The van der Waals surface area contributed by atoms with Gasteiger partial charge in [0.1, 0.15) is 45.7 Å². The van der Waals surface area contributed by atoms with Gasteiger partial charge in [-0.3, -0.25) is 9.59 Å². The van der Waals surface area contributed by atoms with E-state index in [1.807, 2.05) is 13.0 Å². The number of carbonyl (C=O) groups excluding carboxylic acids is 4. The summed E-state index contributed by atoms with van der Waals surface area (Å²) in [5, 5.41) is 7.37. The van der Waals surface area contributed by atoms with Gasteiger partial charge in [-0.15, -0.1) is 22.7 Å². The van der Waals surface area contributed by atoms with Crippen LogP contribution in [0, 0.1) is 37.1 Å². The number of esters is 2. The van der Waals surface area contributed by atoms with Gasteiger partial charge in [-0.2, -0.15) is 9.13 Å². The van der Waals surface area contributed by atoms with Gasteiger partial charge in [0.15, 0.2) is 11.4 Å². The molecule has 0 atom stereocenters. The van der Waals surface area contributed by atoms with Gasteiger partial charge < -0.3 is 28.5 Å². The molecule has 0 radical (unpaired) electrons. The third-order valence-corrected chi connectivity index (χ3v) is 14.9. The first-order valence-electron chi connectivity index (χ1n) is 27.5. The molecule has 0 aliphatic carbocycles. The number of fused-ring (bicyclic) bond motifs is 4. The van der Waals surface area contributed by atoms with Gasteiger partial charge in [0.05, 0.1) is 45.2 Å². The number of halogens is 5. The van der Waals surface area contributed by atoms with Crippen LogP contribution in [-0.4, -0.2) is 74.3 Å². The number of benzene rings is 4. The Hall–Kier alpha value is -8.68. The van der Waals surface area contributed by atoms with Crippen molar-refractivity contribution < 1.29 is 55.7 Å². The Morgan fingerprint density at radius 1 is 0.506 bits per heavy atom.